The van der Waals surface area contributed by atoms with Gasteiger partial charge in [-0.15, -0.1) is 0 Å². The first-order valence-corrected chi connectivity index (χ1v) is 5.84. The zero-order chi connectivity index (χ0) is 13.5. The van der Waals surface area contributed by atoms with Gasteiger partial charge in [0.1, 0.15) is 5.75 Å². The number of carboxylic acid groups (broad SMARTS) is 1. The Morgan fingerprint density at radius 1 is 1.28 bits per heavy atom. The minimum atomic E-state index is -0.839. The van der Waals surface area contributed by atoms with Crippen LogP contribution in [0.1, 0.15) is 5.56 Å². The van der Waals surface area contributed by atoms with Crippen LogP contribution in [0.15, 0.2) is 24.3 Å². The molecule has 0 aliphatic carbocycles. The highest BCUT2D eigenvalue weighted by atomic mass is 16.4. The van der Waals surface area contributed by atoms with Gasteiger partial charge in [0.05, 0.1) is 6.54 Å². The molecular formula is C13H20N2O3. The van der Waals surface area contributed by atoms with Crippen molar-refractivity contribution in [1.29, 1.82) is 0 Å². The summed E-state index contributed by atoms with van der Waals surface area (Å²) in [6.07, 6.45) is 0. The highest BCUT2D eigenvalue weighted by molar-refractivity contribution is 5.69. The summed E-state index contributed by atoms with van der Waals surface area (Å²) >= 11 is 0. The van der Waals surface area contributed by atoms with Crippen LogP contribution in [0, 0.1) is 0 Å². The lowest BCUT2D eigenvalue weighted by Gasteiger charge is -2.22. The molecule has 5 nitrogen and oxygen atoms in total. The molecule has 0 amide bonds. The van der Waals surface area contributed by atoms with Crippen molar-refractivity contribution in [3.63, 3.8) is 0 Å². The molecule has 0 aromatic heterocycles. The van der Waals surface area contributed by atoms with E-state index in [1.165, 1.54) is 0 Å². The minimum absolute atomic E-state index is 0.00347. The Bertz CT molecular complexity index is 394. The summed E-state index contributed by atoms with van der Waals surface area (Å²) in [7, 11) is 3.90. The summed E-state index contributed by atoms with van der Waals surface area (Å²) in [5, 5.41) is 18.3. The van der Waals surface area contributed by atoms with Crippen molar-refractivity contribution >= 4 is 5.97 Å². The molecule has 0 unspecified atom stereocenters. The van der Waals surface area contributed by atoms with Gasteiger partial charge in [-0.25, -0.2) is 0 Å². The van der Waals surface area contributed by atoms with Gasteiger partial charge in [-0.3, -0.25) is 9.69 Å². The van der Waals surface area contributed by atoms with Crippen molar-refractivity contribution in [2.75, 3.05) is 33.7 Å². The fraction of sp³-hybridized carbons (Fsp3) is 0.462. The smallest absolute Gasteiger partial charge is 0.317 e. The first-order chi connectivity index (χ1) is 8.47. The van der Waals surface area contributed by atoms with E-state index in [4.69, 9.17) is 5.11 Å². The largest absolute Gasteiger partial charge is 0.508 e. The summed E-state index contributed by atoms with van der Waals surface area (Å²) in [6.45, 7) is 2.00. The van der Waals surface area contributed by atoms with E-state index in [0.29, 0.717) is 13.1 Å². The van der Waals surface area contributed by atoms with Crippen molar-refractivity contribution in [2.45, 2.75) is 6.54 Å². The number of aliphatic carboxylic acids is 1. The van der Waals surface area contributed by atoms with Crippen LogP contribution in [-0.2, 0) is 11.3 Å². The molecule has 1 aromatic rings. The van der Waals surface area contributed by atoms with E-state index in [9.17, 15) is 9.90 Å². The molecule has 0 fully saturated rings. The maximum atomic E-state index is 10.8. The van der Waals surface area contributed by atoms with Gasteiger partial charge >= 0.3 is 5.97 Å². The van der Waals surface area contributed by atoms with Gasteiger partial charge in [0.15, 0.2) is 0 Å². The van der Waals surface area contributed by atoms with Crippen LogP contribution < -0.4 is 0 Å². The monoisotopic (exact) mass is 252 g/mol. The van der Waals surface area contributed by atoms with Gasteiger partial charge in [0.25, 0.3) is 0 Å². The van der Waals surface area contributed by atoms with Gasteiger partial charge in [0.2, 0.25) is 0 Å². The van der Waals surface area contributed by atoms with Crippen LogP contribution in [0.3, 0.4) is 0 Å². The number of hydrogen-bond donors (Lipinski definition) is 2. The second kappa shape index (κ2) is 6.98. The lowest BCUT2D eigenvalue weighted by Crippen LogP contribution is -2.35. The van der Waals surface area contributed by atoms with Crippen LogP contribution in [-0.4, -0.2) is 59.7 Å². The number of likely N-dealkylation sites (N-methyl/N-ethyl adjacent to an activating group) is 1. The predicted octanol–water partition coefficient (Wildman–Crippen LogP) is 0.840. The lowest BCUT2D eigenvalue weighted by atomic mass is 10.2. The molecule has 2 N–H and O–H groups in total. The second-order valence-corrected chi connectivity index (χ2v) is 4.58. The molecule has 100 valence electrons. The molecule has 0 aliphatic rings. The highest BCUT2D eigenvalue weighted by Crippen LogP contribution is 2.12. The van der Waals surface area contributed by atoms with E-state index in [2.05, 4.69) is 0 Å². The Kier molecular flexibility index (Phi) is 5.61. The molecule has 18 heavy (non-hydrogen) atoms. The molecule has 0 atom stereocenters. The SMILES string of the molecule is CN(C)CCN(CC(=O)O)Cc1cccc(O)c1. The quantitative estimate of drug-likeness (QED) is 0.753. The van der Waals surface area contributed by atoms with Crippen molar-refractivity contribution < 1.29 is 15.0 Å². The standard InChI is InChI=1S/C13H20N2O3/c1-14(2)6-7-15(10-13(17)18)9-11-4-3-5-12(16)8-11/h3-5,8,16H,6-7,9-10H2,1-2H3,(H,17,18). The summed E-state index contributed by atoms with van der Waals surface area (Å²) in [4.78, 5) is 14.7. The molecular weight excluding hydrogens is 232 g/mol. The van der Waals surface area contributed by atoms with Crippen LogP contribution >= 0.6 is 0 Å². The van der Waals surface area contributed by atoms with E-state index >= 15 is 0 Å². The number of nitrogens with zero attached hydrogens (tertiary/aromatic N) is 2. The third-order valence-electron chi connectivity index (χ3n) is 2.54. The molecule has 0 heterocycles. The van der Waals surface area contributed by atoms with Crippen molar-refractivity contribution in [1.82, 2.24) is 9.80 Å². The van der Waals surface area contributed by atoms with Crippen LogP contribution in [0.25, 0.3) is 0 Å². The maximum absolute atomic E-state index is 10.8. The molecule has 0 radical (unpaired) electrons. The van der Waals surface area contributed by atoms with Crippen molar-refractivity contribution in [3.8, 4) is 5.75 Å². The average Bonchev–Trinajstić information content (AvgIpc) is 2.25. The Morgan fingerprint density at radius 2 is 2.00 bits per heavy atom. The molecule has 0 spiro atoms. The summed E-state index contributed by atoms with van der Waals surface area (Å²) < 4.78 is 0. The zero-order valence-corrected chi connectivity index (χ0v) is 10.8. The Morgan fingerprint density at radius 3 is 2.56 bits per heavy atom. The van der Waals surface area contributed by atoms with Crippen LogP contribution in [0.4, 0.5) is 0 Å². The fourth-order valence-electron chi connectivity index (χ4n) is 1.66. The molecule has 5 heteroatoms. The Labute approximate surface area is 107 Å². The molecule has 0 saturated carbocycles. The number of carboxylic acids is 1. The first-order valence-electron chi connectivity index (χ1n) is 5.84. The number of hydrogen-bond acceptors (Lipinski definition) is 4. The molecule has 0 saturated heterocycles. The zero-order valence-electron chi connectivity index (χ0n) is 10.8. The third kappa shape index (κ3) is 5.65. The topological polar surface area (TPSA) is 64.0 Å². The van der Waals surface area contributed by atoms with E-state index < -0.39 is 5.97 Å². The number of aromatic hydroxyl groups is 1. The van der Waals surface area contributed by atoms with E-state index in [1.807, 2.05) is 30.0 Å². The van der Waals surface area contributed by atoms with E-state index in [-0.39, 0.29) is 12.3 Å². The lowest BCUT2D eigenvalue weighted by molar-refractivity contribution is -0.138. The molecule has 1 aromatic carbocycles. The van der Waals surface area contributed by atoms with Gasteiger partial charge in [0, 0.05) is 19.6 Å². The normalized spacial score (nSPS) is 11.1. The molecule has 0 bridgehead atoms. The predicted molar refractivity (Wildman–Crippen MR) is 69.6 cm³/mol. The fourth-order valence-corrected chi connectivity index (χ4v) is 1.66. The van der Waals surface area contributed by atoms with E-state index in [0.717, 1.165) is 12.1 Å². The van der Waals surface area contributed by atoms with Crippen LogP contribution in [0.5, 0.6) is 5.75 Å². The first kappa shape index (κ1) is 14.5. The Balaban J connectivity index is 2.62. The number of phenolic OH excluding ortho intramolecular Hbond substituents is 1. The van der Waals surface area contributed by atoms with Crippen molar-refractivity contribution in [2.24, 2.45) is 0 Å². The minimum Gasteiger partial charge on any atom is -0.508 e. The number of benzene rings is 1. The Hall–Kier alpha value is -1.59. The highest BCUT2D eigenvalue weighted by Gasteiger charge is 2.10. The van der Waals surface area contributed by atoms with Gasteiger partial charge in [-0.1, -0.05) is 12.1 Å². The third-order valence-corrected chi connectivity index (χ3v) is 2.54. The van der Waals surface area contributed by atoms with Gasteiger partial charge in [-0.2, -0.15) is 0 Å². The van der Waals surface area contributed by atoms with Gasteiger partial charge in [-0.05, 0) is 31.8 Å². The maximum Gasteiger partial charge on any atom is 0.317 e. The summed E-state index contributed by atoms with van der Waals surface area (Å²) in [5.41, 5.74) is 0.912. The summed E-state index contributed by atoms with van der Waals surface area (Å²) in [5.74, 6) is -0.635. The van der Waals surface area contributed by atoms with Gasteiger partial charge < -0.3 is 15.1 Å². The number of phenols is 1. The second-order valence-electron chi connectivity index (χ2n) is 4.58. The summed E-state index contributed by atoms with van der Waals surface area (Å²) in [6, 6.07) is 6.90. The van der Waals surface area contributed by atoms with E-state index in [1.54, 1.807) is 18.2 Å². The molecule has 1 rings (SSSR count). The van der Waals surface area contributed by atoms with Crippen LogP contribution in [0.2, 0.25) is 0 Å². The molecule has 0 aliphatic heterocycles. The number of carbonyl (C=O) groups is 1. The number of rotatable bonds is 7. The average molecular weight is 252 g/mol. The van der Waals surface area contributed by atoms with Crippen molar-refractivity contribution in [3.05, 3.63) is 29.8 Å².